The molecule has 0 aliphatic carbocycles. The van der Waals surface area contributed by atoms with E-state index in [0.29, 0.717) is 6.32 Å². The smallest absolute Gasteiger partial charge is 0.115 e. The molecule has 0 saturated carbocycles. The van der Waals surface area contributed by atoms with Crippen LogP contribution in [-0.4, -0.2) is 18.7 Å². The Kier molecular flexibility index (Phi) is 2.40. The lowest BCUT2D eigenvalue weighted by Gasteiger charge is -1.99. The van der Waals surface area contributed by atoms with Gasteiger partial charge in [0.05, 0.1) is 13.6 Å². The summed E-state index contributed by atoms with van der Waals surface area (Å²) in [5.41, 5.74) is 3.00. The summed E-state index contributed by atoms with van der Waals surface area (Å²) in [6.07, 6.45) is 3.35. The van der Waals surface area contributed by atoms with Crippen molar-refractivity contribution in [3.63, 3.8) is 0 Å². The highest BCUT2D eigenvalue weighted by Crippen LogP contribution is 2.19. The van der Waals surface area contributed by atoms with Crippen molar-refractivity contribution in [2.45, 2.75) is 12.7 Å². The fraction of sp³-hybridized carbons (Fsp3) is 0.182. The van der Waals surface area contributed by atoms with E-state index in [2.05, 4.69) is 4.99 Å². The fourth-order valence-corrected chi connectivity index (χ4v) is 1.44. The third-order valence-corrected chi connectivity index (χ3v) is 2.22. The van der Waals surface area contributed by atoms with Crippen LogP contribution in [0.3, 0.4) is 0 Å². The van der Waals surface area contributed by atoms with Gasteiger partial charge in [0.25, 0.3) is 0 Å². The topological polar surface area (TPSA) is 32.6 Å². The predicted octanol–water partition coefficient (Wildman–Crippen LogP) is 2.06. The van der Waals surface area contributed by atoms with Gasteiger partial charge >= 0.3 is 0 Å². The number of hydrogen-bond acceptors (Lipinski definition) is 2. The number of aromatic hydroxyl groups is 1. The second-order valence-electron chi connectivity index (χ2n) is 3.21. The average molecular weight is 183 g/mol. The molecule has 0 saturated heterocycles. The van der Waals surface area contributed by atoms with E-state index in [1.807, 2.05) is 18.2 Å². The molecule has 1 N–H and O–H groups in total. The maximum atomic E-state index is 9.12. The lowest BCUT2D eigenvalue weighted by molar-refractivity contribution is 0.475. The standard InChI is InChI=1S/C11H10BNO/c12-7-9-3-6-11(13-9)8-1-4-10(14)5-2-8/h1-5,14H,6-7H2. The average Bonchev–Trinajstić information content (AvgIpc) is 2.67. The Bertz CT molecular complexity index is 392. The van der Waals surface area contributed by atoms with Gasteiger partial charge in [0, 0.05) is 12.1 Å². The molecule has 68 valence electrons. The summed E-state index contributed by atoms with van der Waals surface area (Å²) < 4.78 is 0. The number of allylic oxidation sites excluding steroid dienone is 2. The Balaban J connectivity index is 2.22. The summed E-state index contributed by atoms with van der Waals surface area (Å²) in [4.78, 5) is 4.38. The Morgan fingerprint density at radius 3 is 2.57 bits per heavy atom. The van der Waals surface area contributed by atoms with E-state index in [4.69, 9.17) is 13.0 Å². The summed E-state index contributed by atoms with van der Waals surface area (Å²) in [5.74, 6) is 0.277. The van der Waals surface area contributed by atoms with E-state index in [1.165, 1.54) is 0 Å². The van der Waals surface area contributed by atoms with Crippen molar-refractivity contribution in [3.8, 4) is 5.75 Å². The van der Waals surface area contributed by atoms with E-state index >= 15 is 0 Å². The molecule has 2 nitrogen and oxygen atoms in total. The van der Waals surface area contributed by atoms with Gasteiger partial charge in [0.15, 0.2) is 0 Å². The monoisotopic (exact) mass is 183 g/mol. The summed E-state index contributed by atoms with van der Waals surface area (Å²) in [7, 11) is 5.48. The molecule has 0 aromatic heterocycles. The molecular formula is C11H10BNO. The molecule has 2 radical (unpaired) electrons. The molecule has 0 bridgehead atoms. The number of hydrogen-bond donors (Lipinski definition) is 1. The molecule has 1 heterocycles. The SMILES string of the molecule is [B]CC1=CCC(c2ccc(O)cc2)=N1. The second kappa shape index (κ2) is 3.70. The Morgan fingerprint density at radius 1 is 1.29 bits per heavy atom. The lowest BCUT2D eigenvalue weighted by Crippen LogP contribution is -1.95. The van der Waals surface area contributed by atoms with Crippen molar-refractivity contribution < 1.29 is 5.11 Å². The zero-order valence-corrected chi connectivity index (χ0v) is 7.77. The first-order valence-corrected chi connectivity index (χ1v) is 4.55. The maximum absolute atomic E-state index is 9.12. The van der Waals surface area contributed by atoms with Crippen LogP contribution in [0.25, 0.3) is 0 Å². The Hall–Kier alpha value is -1.51. The van der Waals surface area contributed by atoms with Crippen molar-refractivity contribution >= 4 is 13.6 Å². The first-order chi connectivity index (χ1) is 6.79. The van der Waals surface area contributed by atoms with Gasteiger partial charge in [0.2, 0.25) is 0 Å². The summed E-state index contributed by atoms with van der Waals surface area (Å²) in [5, 5.41) is 9.12. The van der Waals surface area contributed by atoms with Gasteiger partial charge in [-0.1, -0.05) is 6.08 Å². The van der Waals surface area contributed by atoms with Crippen LogP contribution in [0.15, 0.2) is 41.0 Å². The molecule has 2 rings (SSSR count). The minimum Gasteiger partial charge on any atom is -0.508 e. The van der Waals surface area contributed by atoms with Gasteiger partial charge in [-0.2, -0.15) is 0 Å². The van der Waals surface area contributed by atoms with E-state index in [1.54, 1.807) is 12.1 Å². The molecule has 0 fully saturated rings. The minimum absolute atomic E-state index is 0.277. The van der Waals surface area contributed by atoms with E-state index < -0.39 is 0 Å². The first kappa shape index (κ1) is 9.07. The summed E-state index contributed by atoms with van der Waals surface area (Å²) >= 11 is 0. The number of phenols is 1. The number of aliphatic imine (C=N–C) groups is 1. The summed E-state index contributed by atoms with van der Waals surface area (Å²) in [6, 6.07) is 7.06. The lowest BCUT2D eigenvalue weighted by atomic mass is 10.0. The van der Waals surface area contributed by atoms with Crippen molar-refractivity contribution in [2.75, 3.05) is 0 Å². The van der Waals surface area contributed by atoms with Crippen LogP contribution in [0, 0.1) is 0 Å². The van der Waals surface area contributed by atoms with E-state index in [9.17, 15) is 0 Å². The van der Waals surface area contributed by atoms with Gasteiger partial charge in [0.1, 0.15) is 5.75 Å². The number of nitrogens with zero attached hydrogens (tertiary/aromatic N) is 1. The molecule has 0 amide bonds. The molecule has 1 aliphatic heterocycles. The Labute approximate surface area is 84.4 Å². The molecule has 0 spiro atoms. The first-order valence-electron chi connectivity index (χ1n) is 4.55. The third-order valence-electron chi connectivity index (χ3n) is 2.22. The minimum atomic E-state index is 0.277. The fourth-order valence-electron chi connectivity index (χ4n) is 1.44. The van der Waals surface area contributed by atoms with Crippen LogP contribution in [-0.2, 0) is 0 Å². The highest BCUT2D eigenvalue weighted by atomic mass is 16.3. The van der Waals surface area contributed by atoms with Crippen molar-refractivity contribution in [1.82, 2.24) is 0 Å². The van der Waals surface area contributed by atoms with E-state index in [-0.39, 0.29) is 5.75 Å². The highest BCUT2D eigenvalue weighted by molar-refractivity contribution is 6.11. The molecule has 1 aromatic rings. The van der Waals surface area contributed by atoms with Crippen molar-refractivity contribution in [3.05, 3.63) is 41.6 Å². The van der Waals surface area contributed by atoms with Gasteiger partial charge in [-0.15, -0.1) is 0 Å². The van der Waals surface area contributed by atoms with Crippen molar-refractivity contribution in [2.24, 2.45) is 4.99 Å². The molecule has 1 aliphatic rings. The highest BCUT2D eigenvalue weighted by Gasteiger charge is 2.08. The number of phenolic OH excluding ortho intramolecular Hbond substituents is 1. The third kappa shape index (κ3) is 1.71. The van der Waals surface area contributed by atoms with Crippen LogP contribution in [0.4, 0.5) is 0 Å². The van der Waals surface area contributed by atoms with Crippen LogP contribution < -0.4 is 0 Å². The molecule has 0 unspecified atom stereocenters. The van der Waals surface area contributed by atoms with Gasteiger partial charge in [-0.3, -0.25) is 4.99 Å². The molecule has 14 heavy (non-hydrogen) atoms. The zero-order valence-electron chi connectivity index (χ0n) is 7.77. The number of benzene rings is 1. The quantitative estimate of drug-likeness (QED) is 0.699. The van der Waals surface area contributed by atoms with Crippen LogP contribution in [0.5, 0.6) is 5.75 Å². The largest absolute Gasteiger partial charge is 0.508 e. The van der Waals surface area contributed by atoms with Crippen LogP contribution >= 0.6 is 0 Å². The molecular weight excluding hydrogens is 173 g/mol. The van der Waals surface area contributed by atoms with Gasteiger partial charge < -0.3 is 5.11 Å². The summed E-state index contributed by atoms with van der Waals surface area (Å²) in [6.45, 7) is 0. The molecule has 1 aromatic carbocycles. The van der Waals surface area contributed by atoms with E-state index in [0.717, 1.165) is 23.4 Å². The Morgan fingerprint density at radius 2 is 2.00 bits per heavy atom. The second-order valence-corrected chi connectivity index (χ2v) is 3.21. The molecule has 0 atom stereocenters. The predicted molar refractivity (Wildman–Crippen MR) is 57.9 cm³/mol. The zero-order chi connectivity index (χ0) is 9.97. The van der Waals surface area contributed by atoms with Gasteiger partial charge in [-0.05, 0) is 36.1 Å². The van der Waals surface area contributed by atoms with Crippen LogP contribution in [0.1, 0.15) is 12.0 Å². The van der Waals surface area contributed by atoms with Gasteiger partial charge in [-0.25, -0.2) is 0 Å². The van der Waals surface area contributed by atoms with Crippen molar-refractivity contribution in [1.29, 1.82) is 0 Å². The molecule has 3 heteroatoms. The number of rotatable bonds is 2. The normalized spacial score (nSPS) is 15.1. The van der Waals surface area contributed by atoms with Crippen LogP contribution in [0.2, 0.25) is 6.32 Å². The maximum Gasteiger partial charge on any atom is 0.115 e.